The normalized spacial score (nSPS) is 21.2. The van der Waals surface area contributed by atoms with Crippen LogP contribution >= 0.6 is 11.8 Å². The van der Waals surface area contributed by atoms with Gasteiger partial charge >= 0.3 is 5.97 Å². The van der Waals surface area contributed by atoms with Crippen molar-refractivity contribution in [3.63, 3.8) is 0 Å². The molecule has 0 radical (unpaired) electrons. The molecule has 2 aromatic rings. The molecule has 2 unspecified atom stereocenters. The summed E-state index contributed by atoms with van der Waals surface area (Å²) in [6.07, 6.45) is 10.4. The van der Waals surface area contributed by atoms with Crippen LogP contribution in [0.15, 0.2) is 76.1 Å². The number of carboxylic acid groups (broad SMARTS) is 1. The van der Waals surface area contributed by atoms with Crippen LogP contribution in [0.3, 0.4) is 0 Å². The van der Waals surface area contributed by atoms with Gasteiger partial charge in [0.2, 0.25) is 10.0 Å². The molecule has 0 amide bonds. The van der Waals surface area contributed by atoms with Gasteiger partial charge in [0, 0.05) is 49.3 Å². The number of hydrogen-bond donors (Lipinski definition) is 1. The second-order valence-corrected chi connectivity index (χ2v) is 12.3. The molecule has 0 aromatic heterocycles. The maximum Gasteiger partial charge on any atom is 0.331 e. The second-order valence-electron chi connectivity index (χ2n) is 9.52. The maximum atomic E-state index is 14.0. The molecule has 0 bridgehead atoms. The molecule has 0 spiro atoms. The Hall–Kier alpha value is -2.75. The Bertz CT molecular complexity index is 1310. The van der Waals surface area contributed by atoms with Crippen molar-refractivity contribution in [2.45, 2.75) is 54.5 Å². The minimum absolute atomic E-state index is 0.166. The smallest absolute Gasteiger partial charge is 0.331 e. The van der Waals surface area contributed by atoms with E-state index in [9.17, 15) is 18.3 Å². The molecule has 2 atom stereocenters. The van der Waals surface area contributed by atoms with Crippen LogP contribution in [0, 0.1) is 0 Å². The van der Waals surface area contributed by atoms with Crippen LogP contribution in [0.1, 0.15) is 32.6 Å². The van der Waals surface area contributed by atoms with E-state index < -0.39 is 16.0 Å². The zero-order valence-electron chi connectivity index (χ0n) is 21.8. The summed E-state index contributed by atoms with van der Waals surface area (Å²) in [5.74, 6) is -0.935. The van der Waals surface area contributed by atoms with Crippen molar-refractivity contribution in [2.75, 3.05) is 36.7 Å². The first-order chi connectivity index (χ1) is 17.7. The molecule has 1 N–H and O–H groups in total. The van der Waals surface area contributed by atoms with Crippen LogP contribution in [0.25, 0.3) is 0 Å². The van der Waals surface area contributed by atoms with Gasteiger partial charge in [-0.25, -0.2) is 13.2 Å². The highest BCUT2D eigenvalue weighted by molar-refractivity contribution is 7.98. The number of unbranched alkanes of at least 4 members (excludes halogenated alkanes) is 1. The molecule has 0 fully saturated rings. The summed E-state index contributed by atoms with van der Waals surface area (Å²) in [6.45, 7) is 2.68. The standard InChI is InChI=1S/C28H35N3O4S2/c1-5-6-12-23-19-31(21-13-8-7-9-14-21)25-17-26(36-4)24(18-27(25)37(34,35)30(23)3)29(2)22-15-10-11-20(16-22)28(32)33/h7-11,13-15,17-18,22-23H,5-6,12,16,19H2,1-4H3,(H,32,33). The van der Waals surface area contributed by atoms with E-state index >= 15 is 0 Å². The number of aliphatic carboxylic acids is 1. The highest BCUT2D eigenvalue weighted by Gasteiger charge is 2.38. The fraction of sp³-hybridized carbons (Fsp3) is 0.393. The number of likely N-dealkylation sites (N-methyl/N-ethyl adjacent to an activating group) is 2. The van der Waals surface area contributed by atoms with Gasteiger partial charge in [-0.15, -0.1) is 11.8 Å². The van der Waals surface area contributed by atoms with E-state index in [4.69, 9.17) is 0 Å². The molecule has 1 aliphatic heterocycles. The van der Waals surface area contributed by atoms with E-state index in [1.807, 2.05) is 60.7 Å². The van der Waals surface area contributed by atoms with Gasteiger partial charge in [0.1, 0.15) is 4.90 Å². The highest BCUT2D eigenvalue weighted by atomic mass is 32.2. The summed E-state index contributed by atoms with van der Waals surface area (Å²) < 4.78 is 29.6. The number of sulfonamides is 1. The Morgan fingerprint density at radius 3 is 2.59 bits per heavy atom. The number of anilines is 3. The Kier molecular flexibility index (Phi) is 8.36. The zero-order valence-corrected chi connectivity index (χ0v) is 23.4. The number of thioether (sulfide) groups is 1. The number of hydrogen-bond acceptors (Lipinski definition) is 6. The molecule has 198 valence electrons. The van der Waals surface area contributed by atoms with Crippen LogP contribution in [0.2, 0.25) is 0 Å². The van der Waals surface area contributed by atoms with Gasteiger partial charge in [-0.1, -0.05) is 56.2 Å². The Labute approximate surface area is 224 Å². The molecule has 9 heteroatoms. The van der Waals surface area contributed by atoms with Crippen molar-refractivity contribution < 1.29 is 18.3 Å². The molecule has 2 aromatic carbocycles. The third-order valence-corrected chi connectivity index (χ3v) is 9.99. The van der Waals surface area contributed by atoms with Crippen molar-refractivity contribution in [1.82, 2.24) is 4.31 Å². The van der Waals surface area contributed by atoms with Crippen LogP contribution in [0.4, 0.5) is 17.1 Å². The number of benzene rings is 2. The molecule has 0 saturated heterocycles. The van der Waals surface area contributed by atoms with Crippen molar-refractivity contribution >= 4 is 44.8 Å². The van der Waals surface area contributed by atoms with E-state index in [2.05, 4.69) is 11.8 Å². The highest BCUT2D eigenvalue weighted by Crippen LogP contribution is 2.44. The van der Waals surface area contributed by atoms with Gasteiger partial charge in [0.25, 0.3) is 0 Å². The summed E-state index contributed by atoms with van der Waals surface area (Å²) in [5.41, 5.74) is 2.73. The average Bonchev–Trinajstić information content (AvgIpc) is 2.99. The number of carboxylic acids is 1. The number of rotatable bonds is 8. The van der Waals surface area contributed by atoms with Gasteiger partial charge < -0.3 is 14.9 Å². The lowest BCUT2D eigenvalue weighted by Gasteiger charge is -2.32. The topological polar surface area (TPSA) is 81.2 Å². The second kappa shape index (κ2) is 11.3. The lowest BCUT2D eigenvalue weighted by Crippen LogP contribution is -2.40. The number of carbonyl (C=O) groups is 1. The molecular formula is C28H35N3O4S2. The predicted octanol–water partition coefficient (Wildman–Crippen LogP) is 5.52. The minimum atomic E-state index is -3.78. The molecule has 1 aliphatic carbocycles. The minimum Gasteiger partial charge on any atom is -0.478 e. The van der Waals surface area contributed by atoms with Crippen molar-refractivity contribution in [1.29, 1.82) is 0 Å². The van der Waals surface area contributed by atoms with E-state index in [-0.39, 0.29) is 17.0 Å². The first kappa shape index (κ1) is 27.3. The molecular weight excluding hydrogens is 506 g/mol. The lowest BCUT2D eigenvalue weighted by molar-refractivity contribution is -0.132. The van der Waals surface area contributed by atoms with Crippen LogP contribution in [0.5, 0.6) is 0 Å². The van der Waals surface area contributed by atoms with E-state index in [1.165, 1.54) is 0 Å². The van der Waals surface area contributed by atoms with Gasteiger partial charge in [-0.3, -0.25) is 0 Å². The van der Waals surface area contributed by atoms with E-state index in [1.54, 1.807) is 41.3 Å². The number of nitrogens with zero attached hydrogens (tertiary/aromatic N) is 3. The number of para-hydroxylation sites is 1. The first-order valence-electron chi connectivity index (χ1n) is 12.5. The van der Waals surface area contributed by atoms with Gasteiger partial charge in [0.15, 0.2) is 0 Å². The van der Waals surface area contributed by atoms with Crippen molar-refractivity contribution in [2.24, 2.45) is 0 Å². The van der Waals surface area contributed by atoms with E-state index in [0.29, 0.717) is 24.2 Å². The molecule has 4 rings (SSSR count). The third kappa shape index (κ3) is 5.44. The summed E-state index contributed by atoms with van der Waals surface area (Å²) in [7, 11) is -0.197. The van der Waals surface area contributed by atoms with E-state index in [0.717, 1.165) is 35.5 Å². The lowest BCUT2D eigenvalue weighted by atomic mass is 9.99. The Balaban J connectivity index is 1.86. The van der Waals surface area contributed by atoms with Crippen LogP contribution in [-0.4, -0.2) is 62.8 Å². The Morgan fingerprint density at radius 2 is 1.95 bits per heavy atom. The summed E-state index contributed by atoms with van der Waals surface area (Å²) in [5, 5.41) is 9.50. The van der Waals surface area contributed by atoms with Crippen LogP contribution < -0.4 is 9.80 Å². The first-order valence-corrected chi connectivity index (χ1v) is 15.2. The largest absolute Gasteiger partial charge is 0.478 e. The van der Waals surface area contributed by atoms with Crippen LogP contribution in [-0.2, 0) is 14.8 Å². The average molecular weight is 542 g/mol. The van der Waals surface area contributed by atoms with Crippen molar-refractivity contribution in [3.05, 3.63) is 66.3 Å². The maximum absolute atomic E-state index is 14.0. The molecule has 0 saturated carbocycles. The molecule has 1 heterocycles. The fourth-order valence-corrected chi connectivity index (χ4v) is 7.21. The number of allylic oxidation sites excluding steroid dienone is 2. The molecule has 2 aliphatic rings. The van der Waals surface area contributed by atoms with Gasteiger partial charge in [-0.05, 0) is 36.9 Å². The summed E-state index contributed by atoms with van der Waals surface area (Å²) in [6, 6.07) is 13.3. The SMILES string of the molecule is CCCCC1CN(c2ccccc2)c2cc(SC)c(N(C)C3C=CC=C(C(=O)O)C3)cc2S(=O)(=O)N1C. The summed E-state index contributed by atoms with van der Waals surface area (Å²) >= 11 is 1.56. The summed E-state index contributed by atoms with van der Waals surface area (Å²) in [4.78, 5) is 16.9. The monoisotopic (exact) mass is 541 g/mol. The fourth-order valence-electron chi connectivity index (χ4n) is 5.00. The molecule has 37 heavy (non-hydrogen) atoms. The number of fused-ring (bicyclic) bond motifs is 1. The third-order valence-electron chi connectivity index (χ3n) is 7.29. The zero-order chi connectivity index (χ0) is 26.7. The van der Waals surface area contributed by atoms with Crippen molar-refractivity contribution in [3.8, 4) is 0 Å². The van der Waals surface area contributed by atoms with Gasteiger partial charge in [-0.2, -0.15) is 4.31 Å². The quantitative estimate of drug-likeness (QED) is 0.441. The predicted molar refractivity (Wildman–Crippen MR) is 152 cm³/mol. The van der Waals surface area contributed by atoms with Gasteiger partial charge in [0.05, 0.1) is 17.4 Å². The molecule has 7 nitrogen and oxygen atoms in total. The Morgan fingerprint density at radius 1 is 1.22 bits per heavy atom.